The lowest BCUT2D eigenvalue weighted by Crippen LogP contribution is -2.25. The van der Waals surface area contributed by atoms with Gasteiger partial charge in [0.2, 0.25) is 0 Å². The topological polar surface area (TPSA) is 126 Å². The fourth-order valence-corrected chi connectivity index (χ4v) is 3.30. The number of amides is 1. The number of hydrogen-bond acceptors (Lipinski definition) is 7. The van der Waals surface area contributed by atoms with Crippen LogP contribution in [0.1, 0.15) is 16.8 Å². The van der Waals surface area contributed by atoms with Crippen molar-refractivity contribution in [3.05, 3.63) is 76.6 Å². The molecular formula is C22H22FN7O3. The van der Waals surface area contributed by atoms with Crippen LogP contribution in [0.2, 0.25) is 0 Å². The minimum atomic E-state index is -0.450. The standard InChI is InChI=1S/C22H22FN7O3/c1-24-19-12-18(28-20-16(13-26-30(19)20)21(32)25-8-4-10-31)27-17-7-3-9-29(22(17)33)15-6-2-5-14(23)11-15/h2-3,5-7,9,11-13,24,31H,4,8,10H2,1H3,(H,25,32)(H,27,28). The van der Waals surface area contributed by atoms with Gasteiger partial charge in [-0.05, 0) is 36.8 Å². The van der Waals surface area contributed by atoms with Crippen molar-refractivity contribution < 1.29 is 14.3 Å². The molecule has 0 saturated carbocycles. The highest BCUT2D eigenvalue weighted by molar-refractivity contribution is 6.00. The molecule has 1 aromatic carbocycles. The smallest absolute Gasteiger partial charge is 0.278 e. The zero-order valence-electron chi connectivity index (χ0n) is 17.7. The highest BCUT2D eigenvalue weighted by Gasteiger charge is 2.17. The van der Waals surface area contributed by atoms with Crippen LogP contribution in [-0.2, 0) is 0 Å². The Balaban J connectivity index is 1.71. The number of aliphatic hydroxyl groups excluding tert-OH is 1. The summed E-state index contributed by atoms with van der Waals surface area (Å²) < 4.78 is 16.4. The lowest BCUT2D eigenvalue weighted by atomic mass is 10.3. The minimum Gasteiger partial charge on any atom is -0.396 e. The number of aliphatic hydroxyl groups is 1. The van der Waals surface area contributed by atoms with E-state index >= 15 is 0 Å². The first kappa shape index (κ1) is 22.0. The number of carbonyl (C=O) groups is 1. The molecule has 0 unspecified atom stereocenters. The average molecular weight is 451 g/mol. The largest absolute Gasteiger partial charge is 0.396 e. The van der Waals surface area contributed by atoms with Crippen molar-refractivity contribution in [1.29, 1.82) is 0 Å². The molecule has 4 aromatic rings. The Bertz CT molecular complexity index is 1370. The van der Waals surface area contributed by atoms with Gasteiger partial charge in [-0.2, -0.15) is 9.61 Å². The normalized spacial score (nSPS) is 10.9. The van der Waals surface area contributed by atoms with E-state index in [4.69, 9.17) is 5.11 Å². The van der Waals surface area contributed by atoms with Crippen molar-refractivity contribution in [3.8, 4) is 5.69 Å². The van der Waals surface area contributed by atoms with Crippen LogP contribution in [0.4, 0.5) is 21.7 Å². The molecule has 4 rings (SSSR count). The van der Waals surface area contributed by atoms with E-state index in [2.05, 4.69) is 26.0 Å². The van der Waals surface area contributed by atoms with Crippen molar-refractivity contribution in [3.63, 3.8) is 0 Å². The molecule has 3 heterocycles. The number of nitrogens with one attached hydrogen (secondary N) is 3. The highest BCUT2D eigenvalue weighted by atomic mass is 19.1. The van der Waals surface area contributed by atoms with Gasteiger partial charge in [0, 0.05) is 32.5 Å². The number of pyridine rings is 1. The minimum absolute atomic E-state index is 0.0323. The molecule has 3 aromatic heterocycles. The number of anilines is 3. The van der Waals surface area contributed by atoms with Crippen molar-refractivity contribution in [2.45, 2.75) is 6.42 Å². The number of hydrogen-bond donors (Lipinski definition) is 4. The lowest BCUT2D eigenvalue weighted by molar-refractivity contribution is 0.0952. The molecule has 0 bridgehead atoms. The molecule has 0 spiro atoms. The van der Waals surface area contributed by atoms with Crippen molar-refractivity contribution in [2.24, 2.45) is 0 Å². The Kier molecular flexibility index (Phi) is 6.31. The third kappa shape index (κ3) is 4.53. The van der Waals surface area contributed by atoms with Crippen LogP contribution < -0.4 is 21.5 Å². The Morgan fingerprint density at radius 2 is 2.06 bits per heavy atom. The van der Waals surface area contributed by atoms with E-state index in [0.717, 1.165) is 0 Å². The van der Waals surface area contributed by atoms with E-state index in [1.54, 1.807) is 37.5 Å². The number of aromatic nitrogens is 4. The molecule has 0 fully saturated rings. The number of rotatable bonds is 8. The summed E-state index contributed by atoms with van der Waals surface area (Å²) in [6.07, 6.45) is 3.38. The van der Waals surface area contributed by atoms with Crippen LogP contribution in [0.15, 0.2) is 59.7 Å². The zero-order chi connectivity index (χ0) is 23.4. The molecule has 33 heavy (non-hydrogen) atoms. The van der Waals surface area contributed by atoms with E-state index < -0.39 is 11.4 Å². The Morgan fingerprint density at radius 3 is 2.82 bits per heavy atom. The van der Waals surface area contributed by atoms with Gasteiger partial charge in [0.15, 0.2) is 5.65 Å². The predicted molar refractivity (Wildman–Crippen MR) is 122 cm³/mol. The molecule has 0 atom stereocenters. The summed E-state index contributed by atoms with van der Waals surface area (Å²) in [6, 6.07) is 10.6. The highest BCUT2D eigenvalue weighted by Crippen LogP contribution is 2.21. The molecule has 4 N–H and O–H groups in total. The van der Waals surface area contributed by atoms with Crippen LogP contribution in [-0.4, -0.2) is 50.4 Å². The monoisotopic (exact) mass is 451 g/mol. The van der Waals surface area contributed by atoms with Gasteiger partial charge in [-0.15, -0.1) is 0 Å². The number of benzene rings is 1. The van der Waals surface area contributed by atoms with E-state index in [-0.39, 0.29) is 29.4 Å². The van der Waals surface area contributed by atoms with Gasteiger partial charge in [0.1, 0.15) is 28.7 Å². The molecule has 10 nitrogen and oxygen atoms in total. The van der Waals surface area contributed by atoms with Crippen LogP contribution in [0.3, 0.4) is 0 Å². The zero-order valence-corrected chi connectivity index (χ0v) is 17.7. The molecule has 170 valence electrons. The Hall–Kier alpha value is -4.25. The molecule has 1 amide bonds. The summed E-state index contributed by atoms with van der Waals surface area (Å²) in [5, 5.41) is 21.8. The van der Waals surface area contributed by atoms with Gasteiger partial charge in [0.05, 0.1) is 11.9 Å². The summed E-state index contributed by atoms with van der Waals surface area (Å²) in [7, 11) is 1.70. The quantitative estimate of drug-likeness (QED) is 0.302. The maximum Gasteiger partial charge on any atom is 0.278 e. The van der Waals surface area contributed by atoms with E-state index in [1.807, 2.05) is 0 Å². The maximum atomic E-state index is 13.6. The second kappa shape index (κ2) is 9.49. The first-order valence-corrected chi connectivity index (χ1v) is 10.2. The number of halogens is 1. The van der Waals surface area contributed by atoms with Gasteiger partial charge < -0.3 is 21.1 Å². The molecule has 0 aliphatic heterocycles. The Morgan fingerprint density at radius 1 is 1.21 bits per heavy atom. The number of nitrogens with zero attached hydrogens (tertiary/aromatic N) is 4. The first-order chi connectivity index (χ1) is 16.0. The second-order valence-corrected chi connectivity index (χ2v) is 7.11. The van der Waals surface area contributed by atoms with Gasteiger partial charge >= 0.3 is 0 Å². The Labute approximate surface area is 187 Å². The third-order valence-electron chi connectivity index (χ3n) is 4.89. The van der Waals surface area contributed by atoms with Crippen LogP contribution in [0, 0.1) is 5.82 Å². The third-order valence-corrected chi connectivity index (χ3v) is 4.89. The first-order valence-electron chi connectivity index (χ1n) is 10.2. The van der Waals surface area contributed by atoms with E-state index in [9.17, 15) is 14.0 Å². The van der Waals surface area contributed by atoms with Crippen LogP contribution >= 0.6 is 0 Å². The maximum absolute atomic E-state index is 13.6. The van der Waals surface area contributed by atoms with Crippen LogP contribution in [0.5, 0.6) is 0 Å². The lowest BCUT2D eigenvalue weighted by Gasteiger charge is -2.12. The van der Waals surface area contributed by atoms with Gasteiger partial charge in [-0.1, -0.05) is 6.07 Å². The summed E-state index contributed by atoms with van der Waals surface area (Å²) >= 11 is 0. The molecule has 0 radical (unpaired) electrons. The average Bonchev–Trinajstić information content (AvgIpc) is 3.24. The van der Waals surface area contributed by atoms with Crippen molar-refractivity contribution >= 4 is 28.9 Å². The number of carbonyl (C=O) groups excluding carboxylic acids is 1. The molecule has 0 saturated heterocycles. The van der Waals surface area contributed by atoms with E-state index in [1.165, 1.54) is 33.5 Å². The second-order valence-electron chi connectivity index (χ2n) is 7.11. The molecule has 0 aliphatic carbocycles. The summed E-state index contributed by atoms with van der Waals surface area (Å²) in [5.74, 6) is 0.0246. The molecule has 11 heteroatoms. The summed E-state index contributed by atoms with van der Waals surface area (Å²) in [5.41, 5.74) is 0.742. The van der Waals surface area contributed by atoms with Crippen LogP contribution in [0.25, 0.3) is 11.3 Å². The fraction of sp³-hybridized carbons (Fsp3) is 0.182. The van der Waals surface area contributed by atoms with E-state index in [0.29, 0.717) is 30.3 Å². The van der Waals surface area contributed by atoms with Crippen molar-refractivity contribution in [2.75, 3.05) is 30.8 Å². The summed E-state index contributed by atoms with van der Waals surface area (Å²) in [6.45, 7) is 0.280. The number of fused-ring (bicyclic) bond motifs is 1. The van der Waals surface area contributed by atoms with Gasteiger partial charge in [-0.25, -0.2) is 9.37 Å². The molecule has 0 aliphatic rings. The van der Waals surface area contributed by atoms with Crippen molar-refractivity contribution in [1.82, 2.24) is 24.5 Å². The summed E-state index contributed by atoms with van der Waals surface area (Å²) in [4.78, 5) is 30.0. The predicted octanol–water partition coefficient (Wildman–Crippen LogP) is 1.92. The van der Waals surface area contributed by atoms with Gasteiger partial charge in [-0.3, -0.25) is 14.2 Å². The SMILES string of the molecule is CNc1cc(Nc2cccn(-c3cccc(F)c3)c2=O)nc2c(C(=O)NCCCO)cnn12. The van der Waals surface area contributed by atoms with Gasteiger partial charge in [0.25, 0.3) is 11.5 Å². The molecular weight excluding hydrogens is 429 g/mol. The fourth-order valence-electron chi connectivity index (χ4n) is 3.30.